The fourth-order valence-electron chi connectivity index (χ4n) is 3.32. The number of carboxylic acid groups (broad SMARTS) is 1. The minimum atomic E-state index is -0.869. The van der Waals surface area contributed by atoms with Gasteiger partial charge in [0.15, 0.2) is 0 Å². The van der Waals surface area contributed by atoms with E-state index in [-0.39, 0.29) is 12.3 Å². The summed E-state index contributed by atoms with van der Waals surface area (Å²) in [6, 6.07) is 11.8. The summed E-state index contributed by atoms with van der Waals surface area (Å²) < 4.78 is 5.41. The Morgan fingerprint density at radius 3 is 2.58 bits per heavy atom. The molecule has 0 spiro atoms. The highest BCUT2D eigenvalue weighted by Gasteiger charge is 2.45. The van der Waals surface area contributed by atoms with Crippen molar-refractivity contribution in [3.8, 4) is 5.75 Å². The van der Waals surface area contributed by atoms with E-state index in [9.17, 15) is 14.7 Å². The maximum Gasteiger partial charge on any atom is 0.310 e. The number of rotatable bonds is 6. The number of ether oxygens (including phenoxy) is 1. The molecule has 2 N–H and O–H groups in total. The molecule has 0 heterocycles. The Morgan fingerprint density at radius 2 is 1.96 bits per heavy atom. The molecular weight excluding hydrogens is 306 g/mol. The van der Waals surface area contributed by atoms with Crippen LogP contribution in [0.2, 0.25) is 0 Å². The van der Waals surface area contributed by atoms with E-state index in [0.29, 0.717) is 25.1 Å². The summed E-state index contributed by atoms with van der Waals surface area (Å²) in [4.78, 5) is 23.6. The molecule has 0 saturated heterocycles. The van der Waals surface area contributed by atoms with Crippen LogP contribution in [0.3, 0.4) is 0 Å². The first-order chi connectivity index (χ1) is 11.6. The van der Waals surface area contributed by atoms with Crippen LogP contribution < -0.4 is 10.1 Å². The maximum absolute atomic E-state index is 12.2. The second-order valence-corrected chi connectivity index (χ2v) is 6.36. The minimum Gasteiger partial charge on any atom is -0.496 e. The monoisotopic (exact) mass is 327 g/mol. The quantitative estimate of drug-likeness (QED) is 0.855. The number of carboxylic acids is 1. The van der Waals surface area contributed by atoms with Crippen molar-refractivity contribution in [3.05, 3.63) is 42.0 Å². The van der Waals surface area contributed by atoms with Crippen LogP contribution in [0.15, 0.2) is 36.4 Å². The Hall–Kier alpha value is -2.56. The van der Waals surface area contributed by atoms with Gasteiger partial charge in [0.05, 0.1) is 12.5 Å². The third-order valence-electron chi connectivity index (χ3n) is 4.94. The van der Waals surface area contributed by atoms with E-state index in [2.05, 4.69) is 5.32 Å². The van der Waals surface area contributed by atoms with Gasteiger partial charge in [-0.05, 0) is 29.7 Å². The molecule has 0 bridgehead atoms. The molecule has 1 amide bonds. The molecule has 1 fully saturated rings. The topological polar surface area (TPSA) is 75.6 Å². The van der Waals surface area contributed by atoms with Gasteiger partial charge in [-0.1, -0.05) is 36.8 Å². The van der Waals surface area contributed by atoms with Crippen LogP contribution in [0.1, 0.15) is 31.2 Å². The lowest BCUT2D eigenvalue weighted by atomic mass is 9.66. The number of aliphatic carboxylic acids is 1. The highest BCUT2D eigenvalue weighted by Crippen LogP contribution is 2.44. The number of hydrogen-bond acceptors (Lipinski definition) is 3. The molecule has 1 aliphatic carbocycles. The standard InChI is InChI=1S/C19H21NO4/c1-24-16-8-7-13-5-2-3-6-14(13)15(16)12-20-17(21)11-19(18(22)23)9-4-10-19/h2-3,5-8H,4,9-12H2,1H3,(H,20,21)(H,22,23). The number of carbonyl (C=O) groups is 2. The van der Waals surface area contributed by atoms with Crippen LogP contribution in [0.25, 0.3) is 10.8 Å². The molecule has 3 rings (SSSR count). The molecule has 24 heavy (non-hydrogen) atoms. The van der Waals surface area contributed by atoms with Crippen LogP contribution in [-0.4, -0.2) is 24.1 Å². The Bertz CT molecular complexity index is 780. The lowest BCUT2D eigenvalue weighted by Crippen LogP contribution is -2.42. The van der Waals surface area contributed by atoms with Gasteiger partial charge in [-0.25, -0.2) is 0 Å². The second kappa shape index (κ2) is 6.51. The summed E-state index contributed by atoms with van der Waals surface area (Å²) in [5.41, 5.74) is 0.0364. The van der Waals surface area contributed by atoms with Crippen molar-refractivity contribution in [2.45, 2.75) is 32.2 Å². The molecule has 5 heteroatoms. The van der Waals surface area contributed by atoms with Crippen molar-refractivity contribution < 1.29 is 19.4 Å². The Labute approximate surface area is 140 Å². The fraction of sp³-hybridized carbons (Fsp3) is 0.368. The molecule has 1 saturated carbocycles. The zero-order valence-corrected chi connectivity index (χ0v) is 13.7. The Balaban J connectivity index is 1.75. The number of methoxy groups -OCH3 is 1. The van der Waals surface area contributed by atoms with E-state index < -0.39 is 11.4 Å². The lowest BCUT2D eigenvalue weighted by molar-refractivity contribution is -0.157. The van der Waals surface area contributed by atoms with E-state index in [4.69, 9.17) is 4.74 Å². The van der Waals surface area contributed by atoms with Crippen molar-refractivity contribution in [2.75, 3.05) is 7.11 Å². The van der Waals surface area contributed by atoms with Gasteiger partial charge in [0.25, 0.3) is 0 Å². The molecule has 126 valence electrons. The van der Waals surface area contributed by atoms with Crippen molar-refractivity contribution in [1.29, 1.82) is 0 Å². The lowest BCUT2D eigenvalue weighted by Gasteiger charge is -2.36. The van der Waals surface area contributed by atoms with Gasteiger partial charge >= 0.3 is 5.97 Å². The number of hydrogen-bond donors (Lipinski definition) is 2. The van der Waals surface area contributed by atoms with E-state index in [1.165, 1.54) is 0 Å². The molecule has 0 aliphatic heterocycles. The van der Waals surface area contributed by atoms with Gasteiger partial charge in [-0.15, -0.1) is 0 Å². The summed E-state index contributed by atoms with van der Waals surface area (Å²) in [6.07, 6.45) is 2.06. The third kappa shape index (κ3) is 2.94. The van der Waals surface area contributed by atoms with Crippen LogP contribution in [0, 0.1) is 5.41 Å². The molecule has 1 aliphatic rings. The SMILES string of the molecule is COc1ccc2ccccc2c1CNC(=O)CC1(C(=O)O)CCC1. The molecule has 2 aromatic rings. The van der Waals surface area contributed by atoms with Crippen molar-refractivity contribution in [1.82, 2.24) is 5.32 Å². The summed E-state index contributed by atoms with van der Waals surface area (Å²) in [5.74, 6) is -0.385. The minimum absolute atomic E-state index is 0.0371. The normalized spacial score (nSPS) is 15.5. The van der Waals surface area contributed by atoms with E-state index in [1.54, 1.807) is 7.11 Å². The predicted octanol–water partition coefficient (Wildman–Crippen LogP) is 3.11. The Morgan fingerprint density at radius 1 is 1.21 bits per heavy atom. The average molecular weight is 327 g/mol. The largest absolute Gasteiger partial charge is 0.496 e. The summed E-state index contributed by atoms with van der Waals surface area (Å²) in [7, 11) is 1.60. The van der Waals surface area contributed by atoms with Gasteiger partial charge in [-0.3, -0.25) is 9.59 Å². The molecule has 5 nitrogen and oxygen atoms in total. The van der Waals surface area contributed by atoms with Crippen LogP contribution in [-0.2, 0) is 16.1 Å². The van der Waals surface area contributed by atoms with Gasteiger partial charge in [0, 0.05) is 18.5 Å². The Kier molecular flexibility index (Phi) is 4.42. The number of carbonyl (C=O) groups excluding carboxylic acids is 1. The fourth-order valence-corrected chi connectivity index (χ4v) is 3.32. The number of amides is 1. The van der Waals surface area contributed by atoms with Crippen molar-refractivity contribution in [3.63, 3.8) is 0 Å². The first kappa shape index (κ1) is 16.3. The maximum atomic E-state index is 12.2. The van der Waals surface area contributed by atoms with Crippen LogP contribution in [0.5, 0.6) is 5.75 Å². The summed E-state index contributed by atoms with van der Waals surface area (Å²) in [6.45, 7) is 0.319. The van der Waals surface area contributed by atoms with Gasteiger partial charge in [0.2, 0.25) is 5.91 Å². The average Bonchev–Trinajstić information content (AvgIpc) is 2.55. The van der Waals surface area contributed by atoms with E-state index in [1.807, 2.05) is 36.4 Å². The molecule has 0 radical (unpaired) electrons. The number of fused-ring (bicyclic) bond motifs is 1. The van der Waals surface area contributed by atoms with E-state index in [0.717, 1.165) is 22.8 Å². The van der Waals surface area contributed by atoms with Crippen LogP contribution in [0.4, 0.5) is 0 Å². The van der Waals surface area contributed by atoms with Crippen molar-refractivity contribution in [2.24, 2.45) is 5.41 Å². The number of nitrogens with one attached hydrogen (secondary N) is 1. The zero-order valence-electron chi connectivity index (χ0n) is 13.7. The smallest absolute Gasteiger partial charge is 0.310 e. The zero-order chi connectivity index (χ0) is 17.2. The van der Waals surface area contributed by atoms with Gasteiger partial charge in [0.1, 0.15) is 5.75 Å². The number of benzene rings is 2. The first-order valence-electron chi connectivity index (χ1n) is 8.10. The van der Waals surface area contributed by atoms with Gasteiger partial charge in [-0.2, -0.15) is 0 Å². The second-order valence-electron chi connectivity index (χ2n) is 6.36. The highest BCUT2D eigenvalue weighted by atomic mass is 16.5. The van der Waals surface area contributed by atoms with Crippen LogP contribution >= 0.6 is 0 Å². The van der Waals surface area contributed by atoms with Crippen molar-refractivity contribution >= 4 is 22.6 Å². The first-order valence-corrected chi connectivity index (χ1v) is 8.10. The predicted molar refractivity (Wildman–Crippen MR) is 90.9 cm³/mol. The summed E-state index contributed by atoms with van der Waals surface area (Å²) >= 11 is 0. The molecule has 2 aromatic carbocycles. The molecule has 0 unspecified atom stereocenters. The third-order valence-corrected chi connectivity index (χ3v) is 4.94. The summed E-state index contributed by atoms with van der Waals surface area (Å²) in [5, 5.41) is 14.3. The molecule has 0 aromatic heterocycles. The molecular formula is C19H21NO4. The molecule has 0 atom stereocenters. The highest BCUT2D eigenvalue weighted by molar-refractivity contribution is 5.89. The van der Waals surface area contributed by atoms with E-state index >= 15 is 0 Å². The van der Waals surface area contributed by atoms with Gasteiger partial charge < -0.3 is 15.2 Å².